The maximum absolute atomic E-state index is 13.2. The highest BCUT2D eigenvalue weighted by atomic mass is 19.1. The van der Waals surface area contributed by atoms with Gasteiger partial charge in [-0.2, -0.15) is 0 Å². The summed E-state index contributed by atoms with van der Waals surface area (Å²) in [4.78, 5) is 0. The Labute approximate surface area is 79.0 Å². The molecule has 0 N–H and O–H groups in total. The molecule has 3 heteroatoms. The van der Waals surface area contributed by atoms with Crippen LogP contribution in [-0.2, 0) is 0 Å². The molecule has 2 aromatic rings. The van der Waals surface area contributed by atoms with Gasteiger partial charge in [0, 0.05) is 16.8 Å². The van der Waals surface area contributed by atoms with Crippen molar-refractivity contribution >= 4 is 10.8 Å². The second kappa shape index (κ2) is 3.01. The van der Waals surface area contributed by atoms with Crippen molar-refractivity contribution in [1.82, 2.24) is 0 Å². The number of fused-ring (bicyclic) bond motifs is 1. The predicted molar refractivity (Wildman–Crippen MR) is 48.3 cm³/mol. The predicted octanol–water partition coefficient (Wildman–Crippen LogP) is 3.44. The van der Waals surface area contributed by atoms with Crippen molar-refractivity contribution in [3.05, 3.63) is 54.2 Å². The fourth-order valence-electron chi connectivity index (χ4n) is 1.43. The summed E-state index contributed by atoms with van der Waals surface area (Å²) in [5.74, 6) is -2.27. The lowest BCUT2D eigenvalue weighted by Crippen LogP contribution is -1.92. The van der Waals surface area contributed by atoms with Crippen molar-refractivity contribution in [3.8, 4) is 0 Å². The molecule has 0 aliphatic carbocycles. The number of hydrogen-bond donors (Lipinski definition) is 0. The zero-order valence-corrected chi connectivity index (χ0v) is 7.15. The van der Waals surface area contributed by atoms with E-state index >= 15 is 0 Å². The molecule has 0 heterocycles. The van der Waals surface area contributed by atoms with Crippen LogP contribution in [0.3, 0.4) is 0 Å². The van der Waals surface area contributed by atoms with Gasteiger partial charge in [-0.1, -0.05) is 12.1 Å². The third-order valence-corrected chi connectivity index (χ3v) is 2.11. The summed E-state index contributed by atoms with van der Waals surface area (Å²) in [5.41, 5.74) is -0.112. The lowest BCUT2D eigenvalue weighted by molar-refractivity contribution is 0.584. The van der Waals surface area contributed by atoms with E-state index in [-0.39, 0.29) is 16.3 Å². The van der Waals surface area contributed by atoms with Crippen LogP contribution in [0.25, 0.3) is 10.8 Å². The number of benzene rings is 2. The average Bonchev–Trinajstić information content (AvgIpc) is 2.14. The van der Waals surface area contributed by atoms with Crippen LogP contribution in [0.15, 0.2) is 24.3 Å². The first-order valence-electron chi connectivity index (χ1n) is 3.99. The van der Waals surface area contributed by atoms with Gasteiger partial charge in [0.1, 0.15) is 17.5 Å². The van der Waals surface area contributed by atoms with E-state index in [1.807, 2.05) is 0 Å². The topological polar surface area (TPSA) is 0 Å². The Morgan fingerprint density at radius 2 is 1.64 bits per heavy atom. The van der Waals surface area contributed by atoms with Crippen molar-refractivity contribution in [3.63, 3.8) is 0 Å². The van der Waals surface area contributed by atoms with E-state index in [1.165, 1.54) is 12.1 Å². The average molecular weight is 195 g/mol. The highest BCUT2D eigenvalue weighted by molar-refractivity contribution is 5.87. The maximum atomic E-state index is 13.2. The first-order chi connectivity index (χ1) is 6.61. The zero-order valence-electron chi connectivity index (χ0n) is 7.15. The van der Waals surface area contributed by atoms with Gasteiger partial charge in [0.2, 0.25) is 0 Å². The monoisotopic (exact) mass is 195 g/mol. The molecule has 0 unspecified atom stereocenters. The molecule has 2 aromatic carbocycles. The molecule has 14 heavy (non-hydrogen) atoms. The SMILES string of the molecule is [CH2]c1c(F)cc(F)c2cccc(F)c12. The van der Waals surface area contributed by atoms with Gasteiger partial charge in [0.05, 0.1) is 0 Å². The molecule has 0 aliphatic heterocycles. The largest absolute Gasteiger partial charge is 0.207 e. The molecule has 0 aromatic heterocycles. The minimum atomic E-state index is -0.833. The summed E-state index contributed by atoms with van der Waals surface area (Å²) >= 11 is 0. The fourth-order valence-corrected chi connectivity index (χ4v) is 1.43. The minimum absolute atomic E-state index is 0.0522. The van der Waals surface area contributed by atoms with Crippen molar-refractivity contribution in [2.24, 2.45) is 0 Å². The maximum Gasteiger partial charge on any atom is 0.134 e. The number of halogens is 3. The molecule has 0 saturated heterocycles. The molecule has 0 aliphatic rings. The molecule has 0 bridgehead atoms. The molecule has 0 atom stereocenters. The van der Waals surface area contributed by atoms with Gasteiger partial charge in [0.15, 0.2) is 0 Å². The van der Waals surface area contributed by atoms with Crippen LogP contribution in [0.4, 0.5) is 13.2 Å². The number of hydrogen-bond acceptors (Lipinski definition) is 0. The van der Waals surface area contributed by atoms with E-state index in [1.54, 1.807) is 0 Å². The molecule has 1 radical (unpaired) electrons. The summed E-state index contributed by atoms with van der Waals surface area (Å²) in [6.45, 7) is 3.37. The molecule has 0 spiro atoms. The summed E-state index contributed by atoms with van der Waals surface area (Å²) in [7, 11) is 0. The summed E-state index contributed by atoms with van der Waals surface area (Å²) < 4.78 is 39.4. The second-order valence-electron chi connectivity index (χ2n) is 2.98. The van der Waals surface area contributed by atoms with Crippen LogP contribution in [0.2, 0.25) is 0 Å². The Morgan fingerprint density at radius 3 is 2.36 bits per heavy atom. The Bertz CT molecular complexity index is 503. The molecule has 2 rings (SSSR count). The van der Waals surface area contributed by atoms with Crippen molar-refractivity contribution in [2.45, 2.75) is 0 Å². The van der Waals surface area contributed by atoms with Gasteiger partial charge in [-0.3, -0.25) is 0 Å². The van der Waals surface area contributed by atoms with Crippen LogP contribution in [-0.4, -0.2) is 0 Å². The highest BCUT2D eigenvalue weighted by Crippen LogP contribution is 2.26. The van der Waals surface area contributed by atoms with Crippen molar-refractivity contribution in [2.75, 3.05) is 0 Å². The van der Waals surface area contributed by atoms with E-state index in [0.29, 0.717) is 6.07 Å². The first kappa shape index (κ1) is 9.06. The van der Waals surface area contributed by atoms with Crippen molar-refractivity contribution < 1.29 is 13.2 Å². The van der Waals surface area contributed by atoms with Crippen LogP contribution in [0.5, 0.6) is 0 Å². The zero-order chi connectivity index (χ0) is 10.3. The third kappa shape index (κ3) is 1.16. The molecule has 71 valence electrons. The quantitative estimate of drug-likeness (QED) is 0.604. The van der Waals surface area contributed by atoms with Gasteiger partial charge in [-0.15, -0.1) is 0 Å². The van der Waals surface area contributed by atoms with Crippen molar-refractivity contribution in [1.29, 1.82) is 0 Å². The van der Waals surface area contributed by atoms with E-state index in [0.717, 1.165) is 6.07 Å². The Balaban J connectivity index is 3.03. The van der Waals surface area contributed by atoms with Crippen LogP contribution in [0.1, 0.15) is 5.56 Å². The second-order valence-corrected chi connectivity index (χ2v) is 2.98. The van der Waals surface area contributed by atoms with Gasteiger partial charge >= 0.3 is 0 Å². The number of rotatable bonds is 0. The van der Waals surface area contributed by atoms with E-state index in [4.69, 9.17) is 0 Å². The van der Waals surface area contributed by atoms with Gasteiger partial charge in [-0.05, 0) is 18.6 Å². The molecular weight excluding hydrogens is 189 g/mol. The van der Waals surface area contributed by atoms with Crippen LogP contribution >= 0.6 is 0 Å². The summed E-state index contributed by atoms with van der Waals surface area (Å²) in [6.07, 6.45) is 0. The Kier molecular flexibility index (Phi) is 1.95. The molecule has 0 fully saturated rings. The van der Waals surface area contributed by atoms with E-state index in [9.17, 15) is 13.2 Å². The standard InChI is InChI=1S/C11H6F3/c1-6-9(13)5-10(14)7-3-2-4-8(12)11(6)7/h2-5H,1H2. The third-order valence-electron chi connectivity index (χ3n) is 2.11. The normalized spacial score (nSPS) is 10.9. The molecule has 0 saturated carbocycles. The minimum Gasteiger partial charge on any atom is -0.207 e. The summed E-state index contributed by atoms with van der Waals surface area (Å²) in [5, 5.41) is -0.0404. The smallest absolute Gasteiger partial charge is 0.134 e. The lowest BCUT2D eigenvalue weighted by atomic mass is 10.0. The van der Waals surface area contributed by atoms with Gasteiger partial charge in [0.25, 0.3) is 0 Å². The van der Waals surface area contributed by atoms with Crippen LogP contribution < -0.4 is 0 Å². The first-order valence-corrected chi connectivity index (χ1v) is 3.99. The Morgan fingerprint density at radius 1 is 0.929 bits per heavy atom. The molecular formula is C11H6F3. The van der Waals surface area contributed by atoms with Crippen LogP contribution in [0, 0.1) is 24.4 Å². The van der Waals surface area contributed by atoms with E-state index < -0.39 is 17.5 Å². The van der Waals surface area contributed by atoms with E-state index in [2.05, 4.69) is 6.92 Å². The Hall–Kier alpha value is -1.51. The molecule has 0 nitrogen and oxygen atoms in total. The molecule has 0 amide bonds. The van der Waals surface area contributed by atoms with Gasteiger partial charge < -0.3 is 0 Å². The highest BCUT2D eigenvalue weighted by Gasteiger charge is 2.11. The van der Waals surface area contributed by atoms with Gasteiger partial charge in [-0.25, -0.2) is 13.2 Å². The summed E-state index contributed by atoms with van der Waals surface area (Å²) in [6, 6.07) is 4.62. The lowest BCUT2D eigenvalue weighted by Gasteiger charge is -2.05. The fraction of sp³-hybridized carbons (Fsp3) is 0.